The predicted octanol–water partition coefficient (Wildman–Crippen LogP) is 4.03. The number of nitriles is 1. The fourth-order valence-corrected chi connectivity index (χ4v) is 2.55. The number of benzene rings is 2. The molecule has 98 valence electrons. The summed E-state index contributed by atoms with van der Waals surface area (Å²) < 4.78 is 1.89. The molecule has 4 rings (SSSR count). The number of hydrogen-bond acceptors (Lipinski definition) is 2. The zero-order valence-corrected chi connectivity index (χ0v) is 11.2. The summed E-state index contributed by atoms with van der Waals surface area (Å²) in [5.74, 6) is 0. The molecule has 0 aliphatic heterocycles. The average Bonchev–Trinajstić information content (AvgIpc) is 2.97. The summed E-state index contributed by atoms with van der Waals surface area (Å²) in [4.78, 5) is 4.62. The third-order valence-corrected chi connectivity index (χ3v) is 3.63. The van der Waals surface area contributed by atoms with Gasteiger partial charge in [-0.05, 0) is 29.0 Å². The van der Waals surface area contributed by atoms with Crippen molar-refractivity contribution in [3.8, 4) is 17.3 Å². The Balaban J connectivity index is 1.89. The van der Waals surface area contributed by atoms with E-state index in [1.165, 1.54) is 10.8 Å². The highest BCUT2D eigenvalue weighted by molar-refractivity contribution is 5.86. The molecule has 0 saturated heterocycles. The minimum Gasteiger partial charge on any atom is -0.305 e. The van der Waals surface area contributed by atoms with Gasteiger partial charge in [0.1, 0.15) is 11.7 Å². The van der Waals surface area contributed by atoms with Gasteiger partial charge in [0.05, 0.1) is 11.3 Å². The summed E-state index contributed by atoms with van der Waals surface area (Å²) in [6, 6.07) is 20.4. The molecule has 0 unspecified atom stereocenters. The van der Waals surface area contributed by atoms with Gasteiger partial charge in [-0.2, -0.15) is 5.26 Å². The number of aromatic nitrogens is 2. The van der Waals surface area contributed by atoms with Crippen molar-refractivity contribution in [3.63, 3.8) is 0 Å². The standard InChI is InChI=1S/C18H11N3/c19-10-13-5-8-18-20-17(12-21(18)11-13)16-7-6-14-3-1-2-4-15(14)9-16/h1-9,11-12H. The molecule has 0 fully saturated rings. The summed E-state index contributed by atoms with van der Waals surface area (Å²) in [5.41, 5.74) is 3.47. The van der Waals surface area contributed by atoms with Crippen LogP contribution in [0.5, 0.6) is 0 Å². The Hall–Kier alpha value is -3.12. The van der Waals surface area contributed by atoms with E-state index in [4.69, 9.17) is 5.26 Å². The Labute approximate surface area is 121 Å². The van der Waals surface area contributed by atoms with Gasteiger partial charge in [-0.3, -0.25) is 0 Å². The fraction of sp³-hybridized carbons (Fsp3) is 0. The summed E-state index contributed by atoms with van der Waals surface area (Å²) in [7, 11) is 0. The largest absolute Gasteiger partial charge is 0.305 e. The first-order valence-corrected chi connectivity index (χ1v) is 6.71. The molecule has 0 spiro atoms. The molecule has 0 atom stereocenters. The number of pyridine rings is 1. The number of nitrogens with zero attached hydrogens (tertiary/aromatic N) is 3. The molecular weight excluding hydrogens is 258 g/mol. The first kappa shape index (κ1) is 11.7. The van der Waals surface area contributed by atoms with Crippen LogP contribution in [-0.4, -0.2) is 9.38 Å². The van der Waals surface area contributed by atoms with Crippen LogP contribution >= 0.6 is 0 Å². The van der Waals surface area contributed by atoms with E-state index in [1.54, 1.807) is 12.3 Å². The molecular formula is C18H11N3. The fourth-order valence-electron chi connectivity index (χ4n) is 2.55. The maximum absolute atomic E-state index is 8.96. The van der Waals surface area contributed by atoms with Crippen molar-refractivity contribution in [1.82, 2.24) is 9.38 Å². The molecule has 0 saturated carbocycles. The zero-order chi connectivity index (χ0) is 14.2. The topological polar surface area (TPSA) is 41.1 Å². The molecule has 0 bridgehead atoms. The third kappa shape index (κ3) is 1.94. The van der Waals surface area contributed by atoms with E-state index in [0.29, 0.717) is 5.56 Å². The summed E-state index contributed by atoms with van der Waals surface area (Å²) >= 11 is 0. The minimum atomic E-state index is 0.630. The molecule has 2 aromatic heterocycles. The summed E-state index contributed by atoms with van der Waals surface area (Å²) in [6.45, 7) is 0. The van der Waals surface area contributed by atoms with E-state index >= 15 is 0 Å². The number of fused-ring (bicyclic) bond motifs is 2. The molecule has 0 amide bonds. The van der Waals surface area contributed by atoms with Crippen molar-refractivity contribution in [1.29, 1.82) is 5.26 Å². The smallest absolute Gasteiger partial charge is 0.137 e. The van der Waals surface area contributed by atoms with Gasteiger partial charge in [0, 0.05) is 18.0 Å². The highest BCUT2D eigenvalue weighted by Gasteiger charge is 2.05. The SMILES string of the molecule is N#Cc1ccc2nc(-c3ccc4ccccc4c3)cn2c1. The van der Waals surface area contributed by atoms with Crippen LogP contribution in [-0.2, 0) is 0 Å². The molecule has 0 aliphatic carbocycles. The zero-order valence-electron chi connectivity index (χ0n) is 11.2. The molecule has 2 aromatic carbocycles. The monoisotopic (exact) mass is 269 g/mol. The lowest BCUT2D eigenvalue weighted by Gasteiger charge is -2.00. The van der Waals surface area contributed by atoms with Crippen LogP contribution in [0, 0.1) is 11.3 Å². The molecule has 3 nitrogen and oxygen atoms in total. The van der Waals surface area contributed by atoms with E-state index in [0.717, 1.165) is 16.9 Å². The molecule has 0 aliphatic rings. The Morgan fingerprint density at radius 3 is 2.62 bits per heavy atom. The van der Waals surface area contributed by atoms with Gasteiger partial charge in [-0.25, -0.2) is 4.98 Å². The van der Waals surface area contributed by atoms with Gasteiger partial charge in [0.2, 0.25) is 0 Å². The Morgan fingerprint density at radius 1 is 0.905 bits per heavy atom. The number of imidazole rings is 1. The van der Waals surface area contributed by atoms with Crippen molar-refractivity contribution >= 4 is 16.4 Å². The Morgan fingerprint density at radius 2 is 1.76 bits per heavy atom. The lowest BCUT2D eigenvalue weighted by molar-refractivity contribution is 1.17. The number of rotatable bonds is 1. The lowest BCUT2D eigenvalue weighted by Crippen LogP contribution is -1.83. The van der Waals surface area contributed by atoms with Crippen LogP contribution in [0.3, 0.4) is 0 Å². The lowest BCUT2D eigenvalue weighted by atomic mass is 10.1. The molecule has 4 aromatic rings. The molecule has 2 heterocycles. The van der Waals surface area contributed by atoms with Gasteiger partial charge in [-0.1, -0.05) is 36.4 Å². The van der Waals surface area contributed by atoms with Gasteiger partial charge in [0.25, 0.3) is 0 Å². The maximum Gasteiger partial charge on any atom is 0.137 e. The quantitative estimate of drug-likeness (QED) is 0.523. The highest BCUT2D eigenvalue weighted by atomic mass is 15.0. The van der Waals surface area contributed by atoms with E-state index in [9.17, 15) is 0 Å². The van der Waals surface area contributed by atoms with Gasteiger partial charge in [0.15, 0.2) is 0 Å². The second kappa shape index (κ2) is 4.46. The van der Waals surface area contributed by atoms with Gasteiger partial charge >= 0.3 is 0 Å². The molecule has 0 radical (unpaired) electrons. The molecule has 0 N–H and O–H groups in total. The van der Waals surface area contributed by atoms with Crippen LogP contribution in [0.4, 0.5) is 0 Å². The van der Waals surface area contributed by atoms with E-state index in [-0.39, 0.29) is 0 Å². The van der Waals surface area contributed by atoms with Crippen molar-refractivity contribution in [2.75, 3.05) is 0 Å². The maximum atomic E-state index is 8.96. The Bertz CT molecular complexity index is 1010. The van der Waals surface area contributed by atoms with E-state index < -0.39 is 0 Å². The second-order valence-corrected chi connectivity index (χ2v) is 4.98. The van der Waals surface area contributed by atoms with Crippen LogP contribution in [0.2, 0.25) is 0 Å². The second-order valence-electron chi connectivity index (χ2n) is 4.98. The molecule has 21 heavy (non-hydrogen) atoms. The first-order valence-electron chi connectivity index (χ1n) is 6.71. The number of hydrogen-bond donors (Lipinski definition) is 0. The van der Waals surface area contributed by atoms with E-state index in [2.05, 4.69) is 41.4 Å². The van der Waals surface area contributed by atoms with Crippen molar-refractivity contribution < 1.29 is 0 Å². The average molecular weight is 269 g/mol. The van der Waals surface area contributed by atoms with Crippen LogP contribution < -0.4 is 0 Å². The predicted molar refractivity (Wildman–Crippen MR) is 82.8 cm³/mol. The van der Waals surface area contributed by atoms with Crippen LogP contribution in [0.1, 0.15) is 5.56 Å². The Kier molecular flexibility index (Phi) is 2.48. The first-order chi connectivity index (χ1) is 10.3. The van der Waals surface area contributed by atoms with Gasteiger partial charge in [-0.15, -0.1) is 0 Å². The van der Waals surface area contributed by atoms with Crippen molar-refractivity contribution in [2.24, 2.45) is 0 Å². The summed E-state index contributed by atoms with van der Waals surface area (Å²) in [5, 5.41) is 11.4. The highest BCUT2D eigenvalue weighted by Crippen LogP contribution is 2.24. The van der Waals surface area contributed by atoms with Gasteiger partial charge < -0.3 is 4.40 Å². The van der Waals surface area contributed by atoms with Crippen molar-refractivity contribution in [2.45, 2.75) is 0 Å². The van der Waals surface area contributed by atoms with Crippen molar-refractivity contribution in [3.05, 3.63) is 72.6 Å². The van der Waals surface area contributed by atoms with Crippen LogP contribution in [0.15, 0.2) is 67.0 Å². The third-order valence-electron chi connectivity index (χ3n) is 3.63. The van der Waals surface area contributed by atoms with E-state index in [1.807, 2.05) is 28.8 Å². The normalized spacial score (nSPS) is 10.8. The minimum absolute atomic E-state index is 0.630. The summed E-state index contributed by atoms with van der Waals surface area (Å²) in [6.07, 6.45) is 3.76. The molecule has 3 heteroatoms. The van der Waals surface area contributed by atoms with Crippen LogP contribution in [0.25, 0.3) is 27.7 Å².